The van der Waals surface area contributed by atoms with E-state index in [0.29, 0.717) is 17.6 Å². The van der Waals surface area contributed by atoms with Crippen molar-refractivity contribution in [3.05, 3.63) is 65.9 Å². The first kappa shape index (κ1) is 20.4. The lowest BCUT2D eigenvalue weighted by Crippen LogP contribution is -2.31. The van der Waals surface area contributed by atoms with E-state index in [1.165, 1.54) is 29.4 Å². The molecule has 0 radical (unpaired) electrons. The fourth-order valence-corrected chi connectivity index (χ4v) is 3.21. The van der Waals surface area contributed by atoms with Crippen molar-refractivity contribution >= 4 is 5.91 Å². The first-order valence-electron chi connectivity index (χ1n) is 9.17. The Morgan fingerprint density at radius 1 is 1.34 bits per heavy atom. The summed E-state index contributed by atoms with van der Waals surface area (Å²) in [6.45, 7) is 4.04. The quantitative estimate of drug-likeness (QED) is 0.667. The Balaban J connectivity index is 1.52. The van der Waals surface area contributed by atoms with Gasteiger partial charge in [-0.3, -0.25) is 4.79 Å². The summed E-state index contributed by atoms with van der Waals surface area (Å²) in [7, 11) is 0. The lowest BCUT2D eigenvalue weighted by Gasteiger charge is -2.25. The van der Waals surface area contributed by atoms with Gasteiger partial charge in [-0.2, -0.15) is 5.26 Å². The van der Waals surface area contributed by atoms with Gasteiger partial charge in [0.1, 0.15) is 24.7 Å². The van der Waals surface area contributed by atoms with Crippen molar-refractivity contribution in [2.24, 2.45) is 0 Å². The van der Waals surface area contributed by atoms with E-state index in [-0.39, 0.29) is 43.5 Å². The molecule has 2 atom stereocenters. The van der Waals surface area contributed by atoms with Crippen molar-refractivity contribution in [2.45, 2.75) is 31.5 Å². The van der Waals surface area contributed by atoms with E-state index in [4.69, 9.17) is 10.00 Å². The fraction of sp³-hybridized carbons (Fsp3) is 0.333. The van der Waals surface area contributed by atoms with E-state index >= 15 is 0 Å². The van der Waals surface area contributed by atoms with Crippen molar-refractivity contribution in [1.29, 1.82) is 5.26 Å². The Morgan fingerprint density at radius 2 is 2.17 bits per heavy atom. The molecule has 0 spiro atoms. The number of hydrogen-bond acceptors (Lipinski definition) is 5. The molecule has 1 saturated heterocycles. The molecule has 2 unspecified atom stereocenters. The first-order chi connectivity index (χ1) is 14.0. The second kappa shape index (κ2) is 9.24. The molecule has 0 saturated carbocycles. The minimum atomic E-state index is -1.13. The van der Waals surface area contributed by atoms with Crippen LogP contribution < -0.4 is 4.74 Å². The molecule has 2 heterocycles. The molecule has 1 amide bonds. The van der Waals surface area contributed by atoms with E-state index in [1.54, 1.807) is 12.1 Å². The summed E-state index contributed by atoms with van der Waals surface area (Å²) in [4.78, 5) is 21.9. The summed E-state index contributed by atoms with van der Waals surface area (Å²) >= 11 is 0. The van der Waals surface area contributed by atoms with Crippen LogP contribution >= 0.6 is 0 Å². The molecule has 29 heavy (non-hydrogen) atoms. The van der Waals surface area contributed by atoms with E-state index in [0.717, 1.165) is 0 Å². The molecule has 1 aromatic carbocycles. The van der Waals surface area contributed by atoms with Crippen LogP contribution in [0.25, 0.3) is 0 Å². The predicted molar refractivity (Wildman–Crippen MR) is 101 cm³/mol. The molecule has 0 N–H and O–H groups in total. The van der Waals surface area contributed by atoms with E-state index < -0.39 is 18.0 Å². The molecule has 150 valence electrons. The monoisotopic (exact) mass is 398 g/mol. The van der Waals surface area contributed by atoms with Gasteiger partial charge in [0.25, 0.3) is 0 Å². The largest absolute Gasteiger partial charge is 0.472 e. The highest BCUT2D eigenvalue weighted by Crippen LogP contribution is 2.34. The van der Waals surface area contributed by atoms with Gasteiger partial charge >= 0.3 is 0 Å². The molecule has 0 bridgehead atoms. The standard InChI is InChI=1S/C21H20F2N4O2/c1-14(13-29-20-11-25-18(9-24)10-26-20)5-6-21(28)27-12-17(23)8-19(27)15-3-2-4-16(22)7-15/h2-4,7,10-11,17,19H,1,5-6,8,12-13H2. The summed E-state index contributed by atoms with van der Waals surface area (Å²) in [5.41, 5.74) is 1.45. The van der Waals surface area contributed by atoms with Crippen molar-refractivity contribution in [1.82, 2.24) is 14.9 Å². The molecule has 2 aromatic rings. The third-order valence-electron chi connectivity index (χ3n) is 4.66. The molecule has 8 heteroatoms. The number of alkyl halides is 1. The van der Waals surface area contributed by atoms with Crippen molar-refractivity contribution in [3.63, 3.8) is 0 Å². The SMILES string of the molecule is C=C(CCC(=O)N1CC(F)CC1c1cccc(F)c1)COc1cnc(C#N)cn1. The van der Waals surface area contributed by atoms with E-state index in [2.05, 4.69) is 16.5 Å². The Hall–Kier alpha value is -3.34. The third-order valence-corrected chi connectivity index (χ3v) is 4.66. The maximum atomic E-state index is 14.0. The number of rotatable bonds is 7. The minimum absolute atomic E-state index is 0.00379. The number of halogens is 2. The Bertz CT molecular complexity index is 927. The van der Waals surface area contributed by atoms with Crippen LogP contribution in [0.4, 0.5) is 8.78 Å². The maximum Gasteiger partial charge on any atom is 0.232 e. The lowest BCUT2D eigenvalue weighted by molar-refractivity contribution is -0.132. The smallest absolute Gasteiger partial charge is 0.232 e. The summed E-state index contributed by atoms with van der Waals surface area (Å²) in [5, 5.41) is 8.69. The topological polar surface area (TPSA) is 79.1 Å². The Labute approximate surface area is 167 Å². The Kier molecular flexibility index (Phi) is 6.50. The Morgan fingerprint density at radius 3 is 2.86 bits per heavy atom. The molecule has 1 fully saturated rings. The molecule has 1 aliphatic rings. The zero-order chi connectivity index (χ0) is 20.8. The highest BCUT2D eigenvalue weighted by atomic mass is 19.1. The number of benzene rings is 1. The average Bonchev–Trinajstić information content (AvgIpc) is 3.12. The average molecular weight is 398 g/mol. The molecule has 3 rings (SSSR count). The zero-order valence-electron chi connectivity index (χ0n) is 15.7. The number of nitrogens with zero attached hydrogens (tertiary/aromatic N) is 4. The van der Waals surface area contributed by atoms with Gasteiger partial charge in [-0.25, -0.2) is 18.7 Å². The van der Waals surface area contributed by atoms with Crippen LogP contribution in [0.2, 0.25) is 0 Å². The van der Waals surface area contributed by atoms with Gasteiger partial charge < -0.3 is 9.64 Å². The van der Waals surface area contributed by atoms with Crippen LogP contribution in [0.5, 0.6) is 5.88 Å². The summed E-state index contributed by atoms with van der Waals surface area (Å²) in [5.74, 6) is -0.366. The zero-order valence-corrected chi connectivity index (χ0v) is 15.7. The van der Waals surface area contributed by atoms with Gasteiger partial charge in [-0.05, 0) is 29.7 Å². The maximum absolute atomic E-state index is 14.0. The number of hydrogen-bond donors (Lipinski definition) is 0. The summed E-state index contributed by atoms with van der Waals surface area (Å²) < 4.78 is 32.9. The number of amides is 1. The van der Waals surface area contributed by atoms with Crippen LogP contribution in [-0.4, -0.2) is 40.1 Å². The van der Waals surface area contributed by atoms with Crippen LogP contribution in [0, 0.1) is 17.1 Å². The molecule has 1 aliphatic heterocycles. The van der Waals surface area contributed by atoms with Crippen LogP contribution in [0.15, 0.2) is 48.8 Å². The predicted octanol–water partition coefficient (Wildman–Crippen LogP) is 3.51. The number of likely N-dealkylation sites (tertiary alicyclic amines) is 1. The van der Waals surface area contributed by atoms with Gasteiger partial charge in [0.05, 0.1) is 25.0 Å². The first-order valence-corrected chi connectivity index (χ1v) is 9.17. The van der Waals surface area contributed by atoms with Crippen LogP contribution in [0.1, 0.15) is 36.6 Å². The fourth-order valence-electron chi connectivity index (χ4n) is 3.21. The van der Waals surface area contributed by atoms with Gasteiger partial charge in [-0.1, -0.05) is 18.7 Å². The van der Waals surface area contributed by atoms with Gasteiger partial charge in [-0.15, -0.1) is 0 Å². The van der Waals surface area contributed by atoms with Gasteiger partial charge in [0.2, 0.25) is 11.8 Å². The second-order valence-electron chi connectivity index (χ2n) is 6.84. The summed E-state index contributed by atoms with van der Waals surface area (Å²) in [6, 6.07) is 7.32. The molecule has 1 aromatic heterocycles. The highest BCUT2D eigenvalue weighted by Gasteiger charge is 2.36. The third kappa shape index (κ3) is 5.35. The van der Waals surface area contributed by atoms with Crippen LogP contribution in [-0.2, 0) is 4.79 Å². The van der Waals surface area contributed by atoms with Crippen molar-refractivity contribution < 1.29 is 18.3 Å². The van der Waals surface area contributed by atoms with Crippen molar-refractivity contribution in [2.75, 3.05) is 13.2 Å². The summed E-state index contributed by atoms with van der Waals surface area (Å²) in [6.07, 6.45) is 2.19. The van der Waals surface area contributed by atoms with Gasteiger partial charge in [0.15, 0.2) is 5.69 Å². The molecular weight excluding hydrogens is 378 g/mol. The molecule has 0 aliphatic carbocycles. The normalized spacial score (nSPS) is 18.3. The number of carbonyl (C=O) groups excluding carboxylic acids is 1. The van der Waals surface area contributed by atoms with E-state index in [9.17, 15) is 13.6 Å². The van der Waals surface area contributed by atoms with Crippen LogP contribution in [0.3, 0.4) is 0 Å². The number of aromatic nitrogens is 2. The van der Waals surface area contributed by atoms with Crippen molar-refractivity contribution in [3.8, 4) is 11.9 Å². The second-order valence-corrected chi connectivity index (χ2v) is 6.84. The van der Waals surface area contributed by atoms with Gasteiger partial charge in [0, 0.05) is 12.8 Å². The van der Waals surface area contributed by atoms with E-state index in [1.807, 2.05) is 6.07 Å². The number of ether oxygens (including phenoxy) is 1. The number of carbonyl (C=O) groups is 1. The number of nitriles is 1. The minimum Gasteiger partial charge on any atom is -0.472 e. The molecule has 6 nitrogen and oxygen atoms in total. The highest BCUT2D eigenvalue weighted by molar-refractivity contribution is 5.77. The lowest BCUT2D eigenvalue weighted by atomic mass is 10.0. The molecular formula is C21H20F2N4O2.